The molecular formula is C18H21N7O. The normalized spacial score (nSPS) is 17.5. The van der Waals surface area contributed by atoms with E-state index in [1.54, 1.807) is 48.3 Å². The van der Waals surface area contributed by atoms with Crippen LogP contribution in [0.5, 0.6) is 0 Å². The number of hydrogen-bond donors (Lipinski definition) is 0. The van der Waals surface area contributed by atoms with E-state index < -0.39 is 0 Å². The second kappa shape index (κ2) is 6.70. The Bertz CT molecular complexity index is 922. The second-order valence-electron chi connectivity index (χ2n) is 6.70. The van der Waals surface area contributed by atoms with Crippen molar-refractivity contribution in [3.63, 3.8) is 0 Å². The molecule has 0 radical (unpaired) electrons. The van der Waals surface area contributed by atoms with Gasteiger partial charge in [0.15, 0.2) is 5.65 Å². The van der Waals surface area contributed by atoms with E-state index in [1.165, 1.54) is 0 Å². The summed E-state index contributed by atoms with van der Waals surface area (Å²) in [5, 5.41) is 4.45. The number of rotatable bonds is 3. The number of fused-ring (bicyclic) bond motifs is 1. The minimum Gasteiger partial charge on any atom is -0.345 e. The average molecular weight is 351 g/mol. The molecule has 0 spiro atoms. The Morgan fingerprint density at radius 2 is 2.00 bits per heavy atom. The minimum atomic E-state index is -0.0902. The number of anilines is 1. The van der Waals surface area contributed by atoms with Gasteiger partial charge in [-0.3, -0.25) is 4.79 Å². The molecule has 0 unspecified atom stereocenters. The van der Waals surface area contributed by atoms with Crippen LogP contribution in [0.4, 0.5) is 5.95 Å². The molecule has 8 nitrogen and oxygen atoms in total. The largest absolute Gasteiger partial charge is 0.345 e. The maximum absolute atomic E-state index is 12.4. The summed E-state index contributed by atoms with van der Waals surface area (Å²) in [4.78, 5) is 29.2. The molecular weight excluding hydrogens is 330 g/mol. The van der Waals surface area contributed by atoms with Crippen LogP contribution in [0.2, 0.25) is 0 Å². The summed E-state index contributed by atoms with van der Waals surface area (Å²) in [7, 11) is 3.46. The number of hydrogen-bond acceptors (Lipinski definition) is 6. The minimum absolute atomic E-state index is 0.0902. The highest BCUT2D eigenvalue weighted by Gasteiger charge is 2.26. The van der Waals surface area contributed by atoms with Crippen LogP contribution in [-0.4, -0.2) is 62.6 Å². The molecule has 3 aromatic heterocycles. The van der Waals surface area contributed by atoms with Gasteiger partial charge in [0, 0.05) is 51.7 Å². The molecule has 1 amide bonds. The van der Waals surface area contributed by atoms with Gasteiger partial charge in [0.25, 0.3) is 5.91 Å². The number of nitrogens with zero attached hydrogens (tertiary/aromatic N) is 7. The highest BCUT2D eigenvalue weighted by atomic mass is 16.2. The van der Waals surface area contributed by atoms with Crippen LogP contribution in [0.25, 0.3) is 5.65 Å². The Kier molecular flexibility index (Phi) is 4.24. The van der Waals surface area contributed by atoms with Gasteiger partial charge in [0.2, 0.25) is 5.95 Å². The Hall–Kier alpha value is -3.03. The molecule has 0 saturated carbocycles. The van der Waals surface area contributed by atoms with Gasteiger partial charge in [-0.25, -0.2) is 19.5 Å². The molecule has 3 aromatic rings. The first-order valence-electron chi connectivity index (χ1n) is 8.71. The summed E-state index contributed by atoms with van der Waals surface area (Å²) in [6.07, 6.45) is 9.01. The van der Waals surface area contributed by atoms with Crippen molar-refractivity contribution < 1.29 is 4.79 Å². The molecule has 0 aromatic carbocycles. The second-order valence-corrected chi connectivity index (χ2v) is 6.70. The fourth-order valence-electron chi connectivity index (χ4n) is 3.47. The third-order valence-corrected chi connectivity index (χ3v) is 4.74. The van der Waals surface area contributed by atoms with Crippen LogP contribution in [0.15, 0.2) is 36.9 Å². The zero-order valence-electron chi connectivity index (χ0n) is 14.9. The van der Waals surface area contributed by atoms with E-state index in [1.807, 2.05) is 12.1 Å². The highest BCUT2D eigenvalue weighted by Crippen LogP contribution is 2.29. The Labute approximate surface area is 151 Å². The summed E-state index contributed by atoms with van der Waals surface area (Å²) >= 11 is 0. The van der Waals surface area contributed by atoms with Crippen LogP contribution < -0.4 is 4.90 Å². The van der Waals surface area contributed by atoms with Crippen LogP contribution in [0, 0.1) is 0 Å². The van der Waals surface area contributed by atoms with Crippen LogP contribution >= 0.6 is 0 Å². The van der Waals surface area contributed by atoms with Gasteiger partial charge in [-0.15, -0.1) is 0 Å². The summed E-state index contributed by atoms with van der Waals surface area (Å²) in [5.74, 6) is 0.944. The topological polar surface area (TPSA) is 79.5 Å². The molecule has 4 rings (SSSR count). The molecule has 1 aliphatic rings. The van der Waals surface area contributed by atoms with Crippen LogP contribution in [0.1, 0.15) is 34.8 Å². The van der Waals surface area contributed by atoms with Crippen molar-refractivity contribution >= 4 is 17.5 Å². The van der Waals surface area contributed by atoms with Crippen molar-refractivity contribution in [1.82, 2.24) is 29.5 Å². The first-order valence-corrected chi connectivity index (χ1v) is 8.71. The maximum atomic E-state index is 12.4. The lowest BCUT2D eigenvalue weighted by Gasteiger charge is -2.32. The average Bonchev–Trinajstić information content (AvgIpc) is 3.12. The van der Waals surface area contributed by atoms with Crippen molar-refractivity contribution in [2.24, 2.45) is 0 Å². The molecule has 8 heteroatoms. The molecule has 1 atom stereocenters. The summed E-state index contributed by atoms with van der Waals surface area (Å²) in [5.41, 5.74) is 2.19. The van der Waals surface area contributed by atoms with Crippen molar-refractivity contribution in [3.05, 3.63) is 48.2 Å². The van der Waals surface area contributed by atoms with Crippen LogP contribution in [0.3, 0.4) is 0 Å². The smallest absolute Gasteiger partial charge is 0.258 e. The van der Waals surface area contributed by atoms with Gasteiger partial charge < -0.3 is 9.80 Å². The van der Waals surface area contributed by atoms with E-state index >= 15 is 0 Å². The first kappa shape index (κ1) is 16.4. The van der Waals surface area contributed by atoms with Gasteiger partial charge in [-0.05, 0) is 25.0 Å². The zero-order chi connectivity index (χ0) is 18.1. The molecule has 0 aliphatic carbocycles. The Morgan fingerprint density at radius 3 is 2.77 bits per heavy atom. The van der Waals surface area contributed by atoms with Crippen molar-refractivity contribution in [3.8, 4) is 0 Å². The summed E-state index contributed by atoms with van der Waals surface area (Å²) in [6, 6.07) is 3.81. The lowest BCUT2D eigenvalue weighted by Crippen LogP contribution is -2.36. The maximum Gasteiger partial charge on any atom is 0.258 e. The monoisotopic (exact) mass is 351 g/mol. The van der Waals surface area contributed by atoms with Crippen molar-refractivity contribution in [1.29, 1.82) is 0 Å². The molecule has 26 heavy (non-hydrogen) atoms. The number of carbonyl (C=O) groups is 1. The fourth-order valence-corrected chi connectivity index (χ4v) is 3.47. The quantitative estimate of drug-likeness (QED) is 0.713. The Balaban J connectivity index is 1.67. The number of amides is 1. The molecule has 1 fully saturated rings. The fraction of sp³-hybridized carbons (Fsp3) is 0.389. The molecule has 4 heterocycles. The molecule has 1 saturated heterocycles. The lowest BCUT2D eigenvalue weighted by molar-refractivity contribution is 0.0829. The van der Waals surface area contributed by atoms with E-state index in [2.05, 4.69) is 25.0 Å². The molecule has 0 bridgehead atoms. The molecule has 134 valence electrons. The third-order valence-electron chi connectivity index (χ3n) is 4.74. The molecule has 1 aliphatic heterocycles. The summed E-state index contributed by atoms with van der Waals surface area (Å²) in [6.45, 7) is 1.76. The van der Waals surface area contributed by atoms with E-state index in [-0.39, 0.29) is 11.8 Å². The van der Waals surface area contributed by atoms with E-state index in [9.17, 15) is 4.79 Å². The summed E-state index contributed by atoms with van der Waals surface area (Å²) < 4.78 is 1.80. The van der Waals surface area contributed by atoms with Gasteiger partial charge >= 0.3 is 0 Å². The zero-order valence-corrected chi connectivity index (χ0v) is 14.9. The predicted molar refractivity (Wildman–Crippen MR) is 97.2 cm³/mol. The van der Waals surface area contributed by atoms with Gasteiger partial charge in [-0.1, -0.05) is 0 Å². The van der Waals surface area contributed by atoms with Gasteiger partial charge in [0.1, 0.15) is 5.56 Å². The number of piperidine rings is 1. The van der Waals surface area contributed by atoms with Gasteiger partial charge in [0.05, 0.1) is 11.9 Å². The third kappa shape index (κ3) is 2.87. The van der Waals surface area contributed by atoms with Crippen LogP contribution in [-0.2, 0) is 0 Å². The number of aromatic nitrogens is 5. The lowest BCUT2D eigenvalue weighted by atomic mass is 9.94. The standard InChI is InChI=1S/C18H21N7O/c1-23(2)17(26)14-11-22-25-15(6-9-19-16(14)25)13-5-3-10-24(12-13)18-20-7-4-8-21-18/h4,6-9,11,13H,3,5,10,12H2,1-2H3/t13-/m0/s1. The van der Waals surface area contributed by atoms with Crippen molar-refractivity contribution in [2.75, 3.05) is 32.1 Å². The molecule has 0 N–H and O–H groups in total. The van der Waals surface area contributed by atoms with E-state index in [0.717, 1.165) is 37.6 Å². The predicted octanol–water partition coefficient (Wildman–Crippen LogP) is 1.61. The van der Waals surface area contributed by atoms with E-state index in [0.29, 0.717) is 11.2 Å². The first-order chi connectivity index (χ1) is 12.6. The SMILES string of the molecule is CN(C)C(=O)c1cnn2c([C@H]3CCCN(c4ncccn4)C3)ccnc12. The van der Waals surface area contributed by atoms with Gasteiger partial charge in [-0.2, -0.15) is 5.10 Å². The van der Waals surface area contributed by atoms with E-state index in [4.69, 9.17) is 0 Å². The van der Waals surface area contributed by atoms with Crippen molar-refractivity contribution in [2.45, 2.75) is 18.8 Å². The highest BCUT2D eigenvalue weighted by molar-refractivity contribution is 5.99. The Morgan fingerprint density at radius 1 is 1.19 bits per heavy atom. The number of carbonyl (C=O) groups excluding carboxylic acids is 1.